The van der Waals surface area contributed by atoms with Gasteiger partial charge in [-0.2, -0.15) is 5.10 Å². The Labute approximate surface area is 219 Å². The van der Waals surface area contributed by atoms with Gasteiger partial charge in [0.25, 0.3) is 10.0 Å². The van der Waals surface area contributed by atoms with Crippen LogP contribution in [0.2, 0.25) is 5.02 Å². The van der Waals surface area contributed by atoms with E-state index in [0.717, 1.165) is 5.56 Å². The summed E-state index contributed by atoms with van der Waals surface area (Å²) in [6, 6.07) is 20.7. The molecule has 0 bridgehead atoms. The van der Waals surface area contributed by atoms with E-state index >= 15 is 0 Å². The summed E-state index contributed by atoms with van der Waals surface area (Å²) in [6.45, 7) is -0.112. The van der Waals surface area contributed by atoms with Crippen LogP contribution in [0.15, 0.2) is 93.9 Å². The molecule has 0 radical (unpaired) electrons. The molecule has 9 nitrogen and oxygen atoms in total. The molecule has 1 aliphatic rings. The van der Waals surface area contributed by atoms with Gasteiger partial charge in [-0.05, 0) is 47.5 Å². The van der Waals surface area contributed by atoms with Gasteiger partial charge in [0.1, 0.15) is 5.82 Å². The first-order valence-corrected chi connectivity index (χ1v) is 14.6. The van der Waals surface area contributed by atoms with Crippen LogP contribution < -0.4 is 9.86 Å². The van der Waals surface area contributed by atoms with Crippen molar-refractivity contribution in [3.8, 4) is 0 Å². The van der Waals surface area contributed by atoms with Gasteiger partial charge in [0, 0.05) is 10.9 Å². The highest BCUT2D eigenvalue weighted by Gasteiger charge is 2.33. The first-order chi connectivity index (χ1) is 17.5. The summed E-state index contributed by atoms with van der Waals surface area (Å²) in [5.41, 5.74) is 2.11. The van der Waals surface area contributed by atoms with Crippen molar-refractivity contribution in [2.24, 2.45) is 15.2 Å². The standard InChI is InChI=1S/C24H23ClFN5O4S2/c25-19-8-12-21(13-9-19)37(34,35)30-24(28-14-15-36(27,32)33)31-16-22(17-4-2-1-3-5-17)23(29-31)18-6-10-20(26)11-7-18/h1-13,22H,14-16H2,(H,28,30)(H2,27,32,33)/t22-/m0/s1. The summed E-state index contributed by atoms with van der Waals surface area (Å²) in [5.74, 6) is -1.40. The summed E-state index contributed by atoms with van der Waals surface area (Å²) >= 11 is 5.88. The van der Waals surface area contributed by atoms with Gasteiger partial charge < -0.3 is 0 Å². The number of halogens is 2. The Morgan fingerprint density at radius 3 is 2.30 bits per heavy atom. The zero-order valence-corrected chi connectivity index (χ0v) is 21.7. The number of nitrogens with one attached hydrogen (secondary N) is 1. The summed E-state index contributed by atoms with van der Waals surface area (Å²) in [6.07, 6.45) is 0. The van der Waals surface area contributed by atoms with Crippen LogP contribution in [0.1, 0.15) is 17.0 Å². The van der Waals surface area contributed by atoms with Crippen LogP contribution in [0.3, 0.4) is 0 Å². The third-order valence-corrected chi connectivity index (χ3v) is 7.84. The number of hydrogen-bond acceptors (Lipinski definition) is 6. The van der Waals surface area contributed by atoms with Gasteiger partial charge in [-0.1, -0.05) is 54.1 Å². The zero-order valence-electron chi connectivity index (χ0n) is 19.3. The lowest BCUT2D eigenvalue weighted by atomic mass is 9.91. The molecule has 1 atom stereocenters. The maximum absolute atomic E-state index is 13.6. The van der Waals surface area contributed by atoms with E-state index in [0.29, 0.717) is 16.3 Å². The number of nitrogens with two attached hydrogens (primary N) is 1. The monoisotopic (exact) mass is 563 g/mol. The second-order valence-electron chi connectivity index (χ2n) is 8.17. The van der Waals surface area contributed by atoms with Crippen molar-refractivity contribution in [1.82, 2.24) is 9.73 Å². The summed E-state index contributed by atoms with van der Waals surface area (Å²) in [4.78, 5) is 4.12. The molecule has 0 amide bonds. The Balaban J connectivity index is 1.73. The topological polar surface area (TPSA) is 134 Å². The fourth-order valence-electron chi connectivity index (χ4n) is 3.70. The van der Waals surface area contributed by atoms with Crippen molar-refractivity contribution < 1.29 is 21.2 Å². The van der Waals surface area contributed by atoms with Crippen molar-refractivity contribution in [3.05, 3.63) is 101 Å². The van der Waals surface area contributed by atoms with E-state index in [1.807, 2.05) is 30.3 Å². The Morgan fingerprint density at radius 1 is 1.03 bits per heavy atom. The molecule has 0 saturated carbocycles. The summed E-state index contributed by atoms with van der Waals surface area (Å²) in [7, 11) is -7.97. The lowest BCUT2D eigenvalue weighted by molar-refractivity contribution is 0.461. The Kier molecular flexibility index (Phi) is 7.93. The van der Waals surface area contributed by atoms with E-state index in [1.54, 1.807) is 12.1 Å². The predicted molar refractivity (Wildman–Crippen MR) is 141 cm³/mol. The Hall–Kier alpha value is -3.32. The van der Waals surface area contributed by atoms with E-state index in [1.165, 1.54) is 41.4 Å². The molecule has 3 N–H and O–H groups in total. The van der Waals surface area contributed by atoms with Gasteiger partial charge in [-0.15, -0.1) is 0 Å². The van der Waals surface area contributed by atoms with Crippen LogP contribution in [0.25, 0.3) is 0 Å². The molecule has 0 aliphatic carbocycles. The van der Waals surface area contributed by atoms with Crippen LogP contribution in [-0.4, -0.2) is 52.4 Å². The lowest BCUT2D eigenvalue weighted by Crippen LogP contribution is -2.41. The predicted octanol–water partition coefficient (Wildman–Crippen LogP) is 2.91. The number of nitrogens with zero attached hydrogens (tertiary/aromatic N) is 3. The van der Waals surface area contributed by atoms with Crippen LogP contribution >= 0.6 is 11.6 Å². The molecular weight excluding hydrogens is 541 g/mol. The van der Waals surface area contributed by atoms with Gasteiger partial charge >= 0.3 is 0 Å². The second-order valence-corrected chi connectivity index (χ2v) is 12.0. The maximum atomic E-state index is 13.6. The van der Waals surface area contributed by atoms with E-state index in [2.05, 4.69) is 14.8 Å². The normalized spacial score (nSPS) is 16.5. The molecule has 1 heterocycles. The van der Waals surface area contributed by atoms with Crippen molar-refractivity contribution in [1.29, 1.82) is 0 Å². The number of primary sulfonamides is 1. The number of benzene rings is 3. The third kappa shape index (κ3) is 6.92. The molecule has 0 aromatic heterocycles. The minimum atomic E-state index is -4.13. The quantitative estimate of drug-likeness (QED) is 0.337. The summed E-state index contributed by atoms with van der Waals surface area (Å²) in [5, 5.41) is 11.4. The van der Waals surface area contributed by atoms with Gasteiger partial charge in [-0.25, -0.2) is 41.1 Å². The van der Waals surface area contributed by atoms with E-state index < -0.39 is 31.6 Å². The van der Waals surface area contributed by atoms with E-state index in [4.69, 9.17) is 16.7 Å². The Bertz CT molecular complexity index is 1530. The smallest absolute Gasteiger partial charge is 0.250 e. The molecule has 37 heavy (non-hydrogen) atoms. The molecule has 0 spiro atoms. The van der Waals surface area contributed by atoms with Gasteiger partial charge in [0.15, 0.2) is 0 Å². The maximum Gasteiger partial charge on any atom is 0.264 e. The number of hydrogen-bond donors (Lipinski definition) is 2. The van der Waals surface area contributed by atoms with Gasteiger partial charge in [-0.3, -0.25) is 0 Å². The van der Waals surface area contributed by atoms with Crippen LogP contribution in [0.5, 0.6) is 0 Å². The van der Waals surface area contributed by atoms with Crippen molar-refractivity contribution in [3.63, 3.8) is 0 Å². The molecule has 1 aliphatic heterocycles. The molecule has 3 aromatic carbocycles. The molecule has 3 aromatic rings. The highest BCUT2D eigenvalue weighted by atomic mass is 35.5. The Morgan fingerprint density at radius 2 is 1.68 bits per heavy atom. The average Bonchev–Trinajstić information content (AvgIpc) is 3.29. The molecule has 13 heteroatoms. The average molecular weight is 564 g/mol. The fraction of sp³-hybridized carbons (Fsp3) is 0.167. The number of aliphatic imine (C=N–C) groups is 1. The molecular formula is C24H23ClFN5O4S2. The van der Waals surface area contributed by atoms with E-state index in [-0.39, 0.29) is 29.9 Å². The number of sulfonamides is 2. The minimum absolute atomic E-state index is 0.0717. The van der Waals surface area contributed by atoms with Crippen LogP contribution in [0.4, 0.5) is 4.39 Å². The molecule has 194 valence electrons. The minimum Gasteiger partial charge on any atom is -0.250 e. The van der Waals surface area contributed by atoms with Crippen LogP contribution in [0, 0.1) is 5.82 Å². The lowest BCUT2D eigenvalue weighted by Gasteiger charge is -2.20. The molecule has 4 rings (SSSR count). The molecule has 0 unspecified atom stereocenters. The van der Waals surface area contributed by atoms with Crippen molar-refractivity contribution in [2.45, 2.75) is 10.8 Å². The highest BCUT2D eigenvalue weighted by molar-refractivity contribution is 7.90. The van der Waals surface area contributed by atoms with Gasteiger partial charge in [0.05, 0.1) is 29.4 Å². The molecule has 0 saturated heterocycles. The molecule has 0 fully saturated rings. The fourth-order valence-corrected chi connectivity index (χ4v) is 5.19. The first kappa shape index (κ1) is 26.7. The third-order valence-electron chi connectivity index (χ3n) is 5.49. The largest absolute Gasteiger partial charge is 0.264 e. The highest BCUT2D eigenvalue weighted by Crippen LogP contribution is 2.29. The number of hydrazone groups is 1. The second kappa shape index (κ2) is 11.0. The zero-order chi connectivity index (χ0) is 26.6. The van der Waals surface area contributed by atoms with Gasteiger partial charge in [0.2, 0.25) is 16.0 Å². The summed E-state index contributed by atoms with van der Waals surface area (Å²) < 4.78 is 65.2. The van der Waals surface area contributed by atoms with Crippen molar-refractivity contribution >= 4 is 43.3 Å². The van der Waals surface area contributed by atoms with E-state index in [9.17, 15) is 21.2 Å². The van der Waals surface area contributed by atoms with Crippen molar-refractivity contribution in [2.75, 3.05) is 18.8 Å². The number of rotatable bonds is 7. The first-order valence-electron chi connectivity index (χ1n) is 11.0. The SMILES string of the molecule is NS(=O)(=O)CC/N=C(/NS(=O)(=O)c1ccc(Cl)cc1)N1C[C@@H](c2ccccc2)C(c2ccc(F)cc2)=N1. The van der Waals surface area contributed by atoms with Crippen LogP contribution in [-0.2, 0) is 20.0 Å². The number of guanidine groups is 1.